The maximum atomic E-state index is 11.8. The van der Waals surface area contributed by atoms with Crippen LogP contribution in [0.25, 0.3) is 0 Å². The Hall–Kier alpha value is -2.35. The van der Waals surface area contributed by atoms with Crippen LogP contribution in [0.2, 0.25) is 0 Å². The van der Waals surface area contributed by atoms with Crippen LogP contribution in [0, 0.1) is 0 Å². The Labute approximate surface area is 109 Å². The number of nitrogens with two attached hydrogens (primary N) is 1. The van der Waals surface area contributed by atoms with Gasteiger partial charge in [-0.25, -0.2) is 8.42 Å². The standard InChI is InChI=1S/C11H12N4O3S/c1-19(17,18)8-4-2-7(3-5-8)13-11(16)9-6-10(12)15-14-9/h2-6H,1H3,(H,13,16)(H3,12,14,15). The van der Waals surface area contributed by atoms with Crippen molar-refractivity contribution in [1.82, 2.24) is 10.2 Å². The number of hydrogen-bond acceptors (Lipinski definition) is 5. The summed E-state index contributed by atoms with van der Waals surface area (Å²) in [6.07, 6.45) is 1.12. The molecule has 0 bridgehead atoms. The summed E-state index contributed by atoms with van der Waals surface area (Å²) in [5, 5.41) is 8.71. The molecule has 7 nitrogen and oxygen atoms in total. The number of nitrogens with zero attached hydrogens (tertiary/aromatic N) is 1. The summed E-state index contributed by atoms with van der Waals surface area (Å²) in [6.45, 7) is 0. The van der Waals surface area contributed by atoms with Crippen LogP contribution in [0.3, 0.4) is 0 Å². The fraction of sp³-hybridized carbons (Fsp3) is 0.0909. The summed E-state index contributed by atoms with van der Waals surface area (Å²) < 4.78 is 22.6. The summed E-state index contributed by atoms with van der Waals surface area (Å²) in [5.74, 6) is -0.186. The van der Waals surface area contributed by atoms with Gasteiger partial charge in [0.05, 0.1) is 4.90 Å². The minimum Gasteiger partial charge on any atom is -0.382 e. The molecule has 4 N–H and O–H groups in total. The van der Waals surface area contributed by atoms with Crippen LogP contribution in [0.5, 0.6) is 0 Å². The Morgan fingerprint density at radius 1 is 1.32 bits per heavy atom. The fourth-order valence-electron chi connectivity index (χ4n) is 1.44. The lowest BCUT2D eigenvalue weighted by molar-refractivity contribution is 0.102. The molecule has 1 amide bonds. The minimum absolute atomic E-state index is 0.191. The predicted molar refractivity (Wildman–Crippen MR) is 70.5 cm³/mol. The van der Waals surface area contributed by atoms with Crippen molar-refractivity contribution in [3.63, 3.8) is 0 Å². The molecule has 0 aliphatic rings. The van der Waals surface area contributed by atoms with E-state index in [1.54, 1.807) is 0 Å². The van der Waals surface area contributed by atoms with Gasteiger partial charge in [0.2, 0.25) is 0 Å². The summed E-state index contributed by atoms with van der Waals surface area (Å²) in [7, 11) is -3.24. The van der Waals surface area contributed by atoms with Crippen LogP contribution in [0.4, 0.5) is 11.5 Å². The number of rotatable bonds is 3. The number of nitrogens with one attached hydrogen (secondary N) is 2. The van der Waals surface area contributed by atoms with E-state index in [0.29, 0.717) is 5.69 Å². The van der Waals surface area contributed by atoms with Gasteiger partial charge >= 0.3 is 0 Å². The van der Waals surface area contributed by atoms with Crippen molar-refractivity contribution >= 4 is 27.2 Å². The van der Waals surface area contributed by atoms with Gasteiger partial charge in [-0.1, -0.05) is 0 Å². The van der Waals surface area contributed by atoms with Crippen LogP contribution >= 0.6 is 0 Å². The number of anilines is 2. The maximum absolute atomic E-state index is 11.8. The SMILES string of the molecule is CS(=O)(=O)c1ccc(NC(=O)c2cc(N)n[nH]2)cc1. The molecular formula is C11H12N4O3S. The van der Waals surface area contributed by atoms with Crippen molar-refractivity contribution in [3.8, 4) is 0 Å². The van der Waals surface area contributed by atoms with E-state index >= 15 is 0 Å². The average molecular weight is 280 g/mol. The van der Waals surface area contributed by atoms with Crippen LogP contribution in [-0.2, 0) is 9.84 Å². The number of aromatic amines is 1. The Morgan fingerprint density at radius 3 is 2.42 bits per heavy atom. The van der Waals surface area contributed by atoms with E-state index in [4.69, 9.17) is 5.73 Å². The third kappa shape index (κ3) is 3.10. The summed E-state index contributed by atoms with van der Waals surface area (Å²) in [6, 6.07) is 7.26. The molecule has 0 unspecified atom stereocenters. The van der Waals surface area contributed by atoms with Crippen molar-refractivity contribution in [2.75, 3.05) is 17.3 Å². The third-order valence-electron chi connectivity index (χ3n) is 2.38. The maximum Gasteiger partial charge on any atom is 0.273 e. The quantitative estimate of drug-likeness (QED) is 0.762. The molecule has 0 aliphatic carbocycles. The molecule has 19 heavy (non-hydrogen) atoms. The number of sulfone groups is 1. The van der Waals surface area contributed by atoms with Gasteiger partial charge in [-0.15, -0.1) is 0 Å². The minimum atomic E-state index is -3.24. The number of hydrogen-bond donors (Lipinski definition) is 3. The molecule has 0 saturated carbocycles. The van der Waals surface area contributed by atoms with E-state index in [2.05, 4.69) is 15.5 Å². The van der Waals surface area contributed by atoms with Crippen molar-refractivity contribution in [2.24, 2.45) is 0 Å². The zero-order chi connectivity index (χ0) is 14.0. The summed E-state index contributed by atoms with van der Waals surface area (Å²) in [4.78, 5) is 11.9. The number of H-pyrrole nitrogens is 1. The lowest BCUT2D eigenvalue weighted by Crippen LogP contribution is -2.12. The first-order valence-corrected chi connectivity index (χ1v) is 7.18. The topological polar surface area (TPSA) is 118 Å². The second-order valence-corrected chi connectivity index (χ2v) is 5.97. The van der Waals surface area contributed by atoms with E-state index in [1.807, 2.05) is 0 Å². The largest absolute Gasteiger partial charge is 0.382 e. The van der Waals surface area contributed by atoms with Crippen LogP contribution in [0.15, 0.2) is 35.2 Å². The Kier molecular flexibility index (Phi) is 3.26. The number of aromatic nitrogens is 2. The monoisotopic (exact) mass is 280 g/mol. The molecule has 0 fully saturated rings. The second-order valence-electron chi connectivity index (χ2n) is 3.96. The Balaban J connectivity index is 2.14. The molecule has 0 saturated heterocycles. The van der Waals surface area contributed by atoms with E-state index in [9.17, 15) is 13.2 Å². The third-order valence-corrected chi connectivity index (χ3v) is 3.51. The van der Waals surface area contributed by atoms with Gasteiger partial charge in [-0.3, -0.25) is 9.89 Å². The fourth-order valence-corrected chi connectivity index (χ4v) is 2.07. The van der Waals surface area contributed by atoms with E-state index < -0.39 is 15.7 Å². The summed E-state index contributed by atoms with van der Waals surface area (Å²) >= 11 is 0. The van der Waals surface area contributed by atoms with E-state index in [1.165, 1.54) is 30.3 Å². The Bertz CT molecular complexity index is 704. The first-order chi connectivity index (χ1) is 8.86. The lowest BCUT2D eigenvalue weighted by atomic mass is 10.3. The number of carbonyl (C=O) groups is 1. The molecule has 1 aromatic carbocycles. The lowest BCUT2D eigenvalue weighted by Gasteiger charge is -2.04. The van der Waals surface area contributed by atoms with Gasteiger partial charge < -0.3 is 11.1 Å². The smallest absolute Gasteiger partial charge is 0.273 e. The predicted octanol–water partition coefficient (Wildman–Crippen LogP) is 0.648. The van der Waals surface area contributed by atoms with Gasteiger partial charge in [-0.2, -0.15) is 5.10 Å². The molecule has 8 heteroatoms. The molecule has 0 atom stereocenters. The van der Waals surface area contributed by atoms with Gasteiger partial charge in [0.15, 0.2) is 9.84 Å². The Morgan fingerprint density at radius 2 is 1.95 bits per heavy atom. The van der Waals surface area contributed by atoms with Gasteiger partial charge in [-0.05, 0) is 24.3 Å². The van der Waals surface area contributed by atoms with Gasteiger partial charge in [0.25, 0.3) is 5.91 Å². The number of benzene rings is 1. The molecule has 0 aliphatic heterocycles. The molecule has 2 aromatic rings. The average Bonchev–Trinajstić information content (AvgIpc) is 2.75. The highest BCUT2D eigenvalue weighted by atomic mass is 32.2. The normalized spacial score (nSPS) is 11.2. The zero-order valence-corrected chi connectivity index (χ0v) is 10.9. The van der Waals surface area contributed by atoms with Gasteiger partial charge in [0.1, 0.15) is 11.5 Å². The molecule has 1 heterocycles. The van der Waals surface area contributed by atoms with E-state index in [-0.39, 0.29) is 16.4 Å². The van der Waals surface area contributed by atoms with Crippen molar-refractivity contribution < 1.29 is 13.2 Å². The number of carbonyl (C=O) groups excluding carboxylic acids is 1. The number of amides is 1. The van der Waals surface area contributed by atoms with Crippen molar-refractivity contribution in [3.05, 3.63) is 36.0 Å². The molecule has 0 radical (unpaired) electrons. The molecule has 1 aromatic heterocycles. The van der Waals surface area contributed by atoms with Crippen molar-refractivity contribution in [2.45, 2.75) is 4.90 Å². The van der Waals surface area contributed by atoms with Crippen LogP contribution < -0.4 is 11.1 Å². The van der Waals surface area contributed by atoms with Crippen LogP contribution in [0.1, 0.15) is 10.5 Å². The first-order valence-electron chi connectivity index (χ1n) is 5.28. The highest BCUT2D eigenvalue weighted by Gasteiger charge is 2.10. The highest BCUT2D eigenvalue weighted by molar-refractivity contribution is 7.90. The van der Waals surface area contributed by atoms with Crippen molar-refractivity contribution in [1.29, 1.82) is 0 Å². The molecular weight excluding hydrogens is 268 g/mol. The molecule has 2 rings (SSSR count). The molecule has 0 spiro atoms. The molecule has 100 valence electrons. The summed E-state index contributed by atoms with van der Waals surface area (Å²) in [5.41, 5.74) is 6.09. The first kappa shape index (κ1) is 13.1. The van der Waals surface area contributed by atoms with Gasteiger partial charge in [0, 0.05) is 18.0 Å². The highest BCUT2D eigenvalue weighted by Crippen LogP contribution is 2.14. The zero-order valence-electron chi connectivity index (χ0n) is 10.0. The second kappa shape index (κ2) is 4.73. The number of nitrogen functional groups attached to an aromatic ring is 1. The van der Waals surface area contributed by atoms with Crippen LogP contribution in [-0.4, -0.2) is 30.8 Å². The van der Waals surface area contributed by atoms with E-state index in [0.717, 1.165) is 6.26 Å².